The number of alkyl halides is 3. The van der Waals surface area contributed by atoms with Gasteiger partial charge in [0.05, 0.1) is 31.0 Å². The molecule has 0 saturated heterocycles. The number of hydrogen-bond donors (Lipinski definition) is 3. The van der Waals surface area contributed by atoms with Crippen LogP contribution in [0.25, 0.3) is 0 Å². The number of amides is 1. The van der Waals surface area contributed by atoms with Crippen LogP contribution in [0.2, 0.25) is 10.0 Å². The molecule has 57 heavy (non-hydrogen) atoms. The molecule has 0 aliphatic carbocycles. The van der Waals surface area contributed by atoms with Crippen molar-refractivity contribution in [2.75, 3.05) is 16.0 Å². The van der Waals surface area contributed by atoms with E-state index in [1.54, 1.807) is 18.2 Å². The van der Waals surface area contributed by atoms with E-state index in [0.717, 1.165) is 35.4 Å². The van der Waals surface area contributed by atoms with Gasteiger partial charge in [0.2, 0.25) is 5.91 Å². The molecule has 0 bridgehead atoms. The number of benzene rings is 4. The number of nitrogens with one attached hydrogen (secondary N) is 3. The highest BCUT2D eigenvalue weighted by atomic mass is 79.9. The zero-order valence-corrected chi connectivity index (χ0v) is 36.4. The molecule has 16 heteroatoms. The van der Waals surface area contributed by atoms with Gasteiger partial charge in [-0.1, -0.05) is 43.1 Å². The van der Waals surface area contributed by atoms with Crippen LogP contribution >= 0.6 is 55.1 Å². The first-order valence-electron chi connectivity index (χ1n) is 17.9. The van der Waals surface area contributed by atoms with Crippen LogP contribution in [0.4, 0.5) is 30.2 Å². The Morgan fingerprint density at radius 1 is 0.702 bits per heavy atom. The lowest BCUT2D eigenvalue weighted by Crippen LogP contribution is -2.21. The lowest BCUT2D eigenvalue weighted by molar-refractivity contribution is -0.159. The van der Waals surface area contributed by atoms with Crippen LogP contribution in [-0.2, 0) is 44.9 Å². The van der Waals surface area contributed by atoms with Crippen molar-refractivity contribution < 1.29 is 41.8 Å². The highest BCUT2D eigenvalue weighted by Crippen LogP contribution is 2.38. The van der Waals surface area contributed by atoms with Crippen molar-refractivity contribution in [3.8, 4) is 11.5 Å². The molecule has 1 amide bonds. The van der Waals surface area contributed by atoms with Crippen molar-refractivity contribution >= 4 is 90.0 Å². The molecule has 4 aromatic carbocycles. The molecular formula is C41H42Br2Cl2F3N3O6. The van der Waals surface area contributed by atoms with E-state index in [0.29, 0.717) is 39.3 Å². The van der Waals surface area contributed by atoms with Gasteiger partial charge in [-0.3, -0.25) is 14.4 Å². The summed E-state index contributed by atoms with van der Waals surface area (Å²) in [5.74, 6) is -2.28. The Balaban J connectivity index is 1.30. The molecule has 0 saturated carbocycles. The second-order valence-electron chi connectivity index (χ2n) is 13.5. The summed E-state index contributed by atoms with van der Waals surface area (Å²) in [6.45, 7) is 10.0. The molecule has 9 nitrogen and oxygen atoms in total. The minimum Gasteiger partial charge on any atom is -0.487 e. The first-order valence-corrected chi connectivity index (χ1v) is 20.3. The van der Waals surface area contributed by atoms with Crippen LogP contribution in [0.15, 0.2) is 69.6 Å². The highest BCUT2D eigenvalue weighted by molar-refractivity contribution is 9.11. The Bertz CT molecular complexity index is 2060. The normalized spacial score (nSPS) is 12.4. The van der Waals surface area contributed by atoms with Gasteiger partial charge in [0.1, 0.15) is 25.4 Å². The summed E-state index contributed by atoms with van der Waals surface area (Å²) >= 11 is 19.7. The van der Waals surface area contributed by atoms with Gasteiger partial charge < -0.3 is 30.2 Å². The van der Waals surface area contributed by atoms with E-state index in [9.17, 15) is 27.6 Å². The van der Waals surface area contributed by atoms with Crippen molar-refractivity contribution in [3.63, 3.8) is 0 Å². The van der Waals surface area contributed by atoms with E-state index in [-0.39, 0.29) is 51.8 Å². The largest absolute Gasteiger partial charge is 0.487 e. The Morgan fingerprint density at radius 2 is 1.23 bits per heavy atom. The molecule has 4 rings (SSSR count). The van der Waals surface area contributed by atoms with Crippen LogP contribution in [0.1, 0.15) is 74.8 Å². The van der Waals surface area contributed by atoms with E-state index < -0.39 is 36.0 Å². The third-order valence-electron chi connectivity index (χ3n) is 8.50. The minimum atomic E-state index is -4.58. The van der Waals surface area contributed by atoms with Gasteiger partial charge in [0.15, 0.2) is 5.75 Å². The summed E-state index contributed by atoms with van der Waals surface area (Å²) in [6, 6.07) is 15.9. The molecule has 0 heterocycles. The number of halogens is 7. The maximum atomic E-state index is 13.6. The second-order valence-corrected chi connectivity index (χ2v) is 16.0. The quantitative estimate of drug-likeness (QED) is 0.0708. The molecule has 2 atom stereocenters. The number of rotatable bonds is 17. The first-order chi connectivity index (χ1) is 26.8. The smallest absolute Gasteiger partial charge is 0.416 e. The number of ether oxygens (including phenoxy) is 3. The zero-order chi connectivity index (χ0) is 42.0. The number of hydrogen-bond acceptors (Lipinski definition) is 8. The van der Waals surface area contributed by atoms with Gasteiger partial charge >= 0.3 is 18.1 Å². The molecule has 306 valence electrons. The third-order valence-corrected chi connectivity index (χ3v) is 10.2. The lowest BCUT2D eigenvalue weighted by atomic mass is 10.1. The average Bonchev–Trinajstić information content (AvgIpc) is 3.09. The Kier molecular flexibility index (Phi) is 16.5. The summed E-state index contributed by atoms with van der Waals surface area (Å²) in [4.78, 5) is 37.8. The molecule has 0 aliphatic heterocycles. The molecule has 2 unspecified atom stereocenters. The van der Waals surface area contributed by atoms with Crippen LogP contribution in [-0.4, -0.2) is 29.9 Å². The lowest BCUT2D eigenvalue weighted by Gasteiger charge is -2.18. The van der Waals surface area contributed by atoms with Crippen LogP contribution in [0.5, 0.6) is 11.5 Å². The molecule has 0 aromatic heterocycles. The highest BCUT2D eigenvalue weighted by Gasteiger charge is 2.31. The van der Waals surface area contributed by atoms with Gasteiger partial charge in [-0.2, -0.15) is 13.2 Å². The monoisotopic (exact) mass is 957 g/mol. The van der Waals surface area contributed by atoms with Gasteiger partial charge in [-0.05, 0) is 142 Å². The predicted molar refractivity (Wildman–Crippen MR) is 224 cm³/mol. The van der Waals surface area contributed by atoms with Crippen molar-refractivity contribution in [1.82, 2.24) is 0 Å². The summed E-state index contributed by atoms with van der Waals surface area (Å²) in [6.07, 6.45) is -3.95. The number of anilines is 3. The van der Waals surface area contributed by atoms with Crippen molar-refractivity contribution in [3.05, 3.63) is 107 Å². The van der Waals surface area contributed by atoms with Gasteiger partial charge in [0.25, 0.3) is 0 Å². The standard InChI is InChI=1S/C41H42Br2Cl2F3N3O6/c1-6-23(4)49-29-9-22(3)8-26(11-29)20-55-39-32(42)13-25(14-33(39)43)15-37(53)57-38(54)19-36(52)51-31-17-34(44)40(35(45)18-31)56-21-27-10-28(41(46,47)48)16-30(12-27)50-24(5)7-2/h8-14,16-18,23-24,49-50H,6-7,15,19-21H2,1-5H3,(H,51,52). The summed E-state index contributed by atoms with van der Waals surface area (Å²) in [7, 11) is 0. The van der Waals surface area contributed by atoms with Crippen LogP contribution in [0, 0.1) is 6.92 Å². The maximum absolute atomic E-state index is 13.6. The molecule has 0 radical (unpaired) electrons. The fraction of sp³-hybridized carbons (Fsp3) is 0.341. The van der Waals surface area contributed by atoms with E-state index in [2.05, 4.69) is 67.7 Å². The molecule has 0 fully saturated rings. The molecule has 0 aliphatic rings. The average molecular weight is 961 g/mol. The summed E-state index contributed by atoms with van der Waals surface area (Å²) < 4.78 is 58.6. The second kappa shape index (κ2) is 20.6. The molecule has 4 aromatic rings. The number of esters is 2. The SMILES string of the molecule is CCC(C)Nc1cc(C)cc(COc2c(Br)cc(CC(=O)OC(=O)CC(=O)Nc3cc(Cl)c(OCc4cc(NC(C)CC)cc(C(F)(F)F)c4)c(Cl)c3)cc2Br)c1. The minimum absolute atomic E-state index is 0.0250. The van der Waals surface area contributed by atoms with Gasteiger partial charge in [0, 0.05) is 29.1 Å². The number of carbonyl (C=O) groups is 3. The van der Waals surface area contributed by atoms with E-state index in [4.69, 9.17) is 37.4 Å². The van der Waals surface area contributed by atoms with Gasteiger partial charge in [-0.25, -0.2) is 0 Å². The summed E-state index contributed by atoms with van der Waals surface area (Å²) in [5, 5.41) is 8.87. The number of aryl methyl sites for hydroxylation is 1. The van der Waals surface area contributed by atoms with Crippen molar-refractivity contribution in [2.45, 2.75) is 91.8 Å². The van der Waals surface area contributed by atoms with Crippen LogP contribution < -0.4 is 25.4 Å². The van der Waals surface area contributed by atoms with Crippen LogP contribution in [0.3, 0.4) is 0 Å². The van der Waals surface area contributed by atoms with Gasteiger partial charge in [-0.15, -0.1) is 0 Å². The topological polar surface area (TPSA) is 115 Å². The first kappa shape index (κ1) is 45.7. The summed E-state index contributed by atoms with van der Waals surface area (Å²) in [5.41, 5.74) is 3.36. The predicted octanol–water partition coefficient (Wildman–Crippen LogP) is 12.1. The van der Waals surface area contributed by atoms with E-state index in [1.807, 2.05) is 32.9 Å². The third kappa shape index (κ3) is 14.1. The number of carbonyl (C=O) groups excluding carboxylic acids is 3. The maximum Gasteiger partial charge on any atom is 0.416 e. The zero-order valence-electron chi connectivity index (χ0n) is 31.8. The van der Waals surface area contributed by atoms with Crippen molar-refractivity contribution in [1.29, 1.82) is 0 Å². The Labute approximate surface area is 356 Å². The molecular weight excluding hydrogens is 918 g/mol. The molecule has 0 spiro atoms. The Hall–Kier alpha value is -3.98. The Morgan fingerprint density at radius 3 is 1.77 bits per heavy atom. The molecule has 3 N–H and O–H groups in total. The van der Waals surface area contributed by atoms with E-state index >= 15 is 0 Å². The van der Waals surface area contributed by atoms with Crippen molar-refractivity contribution in [2.24, 2.45) is 0 Å². The fourth-order valence-electron chi connectivity index (χ4n) is 5.46. The fourth-order valence-corrected chi connectivity index (χ4v) is 7.57. The van der Waals surface area contributed by atoms with E-state index in [1.165, 1.54) is 12.1 Å².